The summed E-state index contributed by atoms with van der Waals surface area (Å²) < 4.78 is 30.7. The van der Waals surface area contributed by atoms with Crippen molar-refractivity contribution in [3.63, 3.8) is 0 Å². The van der Waals surface area contributed by atoms with Gasteiger partial charge in [-0.2, -0.15) is 0 Å². The molecule has 0 bridgehead atoms. The third-order valence-electron chi connectivity index (χ3n) is 4.67. The van der Waals surface area contributed by atoms with E-state index in [0.717, 1.165) is 23.1 Å². The van der Waals surface area contributed by atoms with E-state index in [4.69, 9.17) is 19.5 Å². The zero-order valence-corrected chi connectivity index (χ0v) is 20.0. The second kappa shape index (κ2) is 9.06. The first kappa shape index (κ1) is 23.1. The summed E-state index contributed by atoms with van der Waals surface area (Å²) in [6.45, 7) is -3.43. The molecule has 1 unspecified atom stereocenters. The second-order valence-corrected chi connectivity index (χ2v) is 12.2. The minimum absolute atomic E-state index is 0.0270. The lowest BCUT2D eigenvalue weighted by molar-refractivity contribution is -0.133. The van der Waals surface area contributed by atoms with Crippen molar-refractivity contribution in [3.8, 4) is 0 Å². The zero-order valence-electron chi connectivity index (χ0n) is 15.9. The molecular formula is C15H17BrN5O7PS2. The molecule has 3 N–H and O–H groups in total. The Bertz CT molecular complexity index is 1090. The highest BCUT2D eigenvalue weighted by molar-refractivity contribution is 9.09. The van der Waals surface area contributed by atoms with Crippen LogP contribution in [0, 0.1) is 0 Å². The number of fused-ring (bicyclic) bond motifs is 2. The number of carbonyl (C=O) groups excluding carboxylic acids is 2. The lowest BCUT2D eigenvalue weighted by Gasteiger charge is -2.30. The maximum absolute atomic E-state index is 12.5. The van der Waals surface area contributed by atoms with Gasteiger partial charge in [-0.1, -0.05) is 27.7 Å². The fourth-order valence-electron chi connectivity index (χ4n) is 3.16. The average molecular weight is 554 g/mol. The van der Waals surface area contributed by atoms with Gasteiger partial charge in [0, 0.05) is 0 Å². The number of hydrogen-bond donors (Lipinski definition) is 2. The Hall–Kier alpha value is -1.06. The standard InChI is InChI=1S/C15H17BrN5O7PS2/c1-30-29(25)26-3-8-11(28-29)10(24)14(27-8)21-13-9(12(17)18-5-19-13)20-15(21)31-4-7(23)6(22)2-16/h5,8,10-11,14,24H,2-4H2,1H3,(H2,17,18,19)/t8-,10-,11-,14-,29?/m1/s1. The van der Waals surface area contributed by atoms with E-state index in [1.807, 2.05) is 0 Å². The number of imidazole rings is 1. The van der Waals surface area contributed by atoms with Crippen LogP contribution in [0.3, 0.4) is 0 Å². The van der Waals surface area contributed by atoms with E-state index in [2.05, 4.69) is 30.9 Å². The van der Waals surface area contributed by atoms with E-state index < -0.39 is 42.9 Å². The monoisotopic (exact) mass is 553 g/mol. The number of rotatable bonds is 7. The fourth-order valence-corrected chi connectivity index (χ4v) is 6.57. The largest absolute Gasteiger partial charge is 0.389 e. The van der Waals surface area contributed by atoms with Gasteiger partial charge in [0.2, 0.25) is 11.6 Å². The number of aromatic nitrogens is 4. The molecule has 2 aromatic heterocycles. The third-order valence-corrected chi connectivity index (χ3v) is 9.47. The molecule has 0 saturated carbocycles. The summed E-state index contributed by atoms with van der Waals surface area (Å²) >= 11 is 4.87. The summed E-state index contributed by atoms with van der Waals surface area (Å²) in [4.78, 5) is 36.1. The number of thioether (sulfide) groups is 1. The molecule has 0 amide bonds. The zero-order chi connectivity index (χ0) is 22.3. The average Bonchev–Trinajstić information content (AvgIpc) is 3.29. The van der Waals surface area contributed by atoms with Crippen molar-refractivity contribution in [3.05, 3.63) is 6.33 Å². The van der Waals surface area contributed by atoms with Crippen LogP contribution in [-0.4, -0.2) is 78.4 Å². The number of nitrogens with zero attached hydrogens (tertiary/aromatic N) is 4. The highest BCUT2D eigenvalue weighted by atomic mass is 79.9. The number of ketones is 2. The summed E-state index contributed by atoms with van der Waals surface area (Å²) in [7, 11) is 0. The molecule has 2 aromatic rings. The minimum Gasteiger partial charge on any atom is -0.386 e. The van der Waals surface area contributed by atoms with Gasteiger partial charge in [0.15, 0.2) is 28.4 Å². The maximum Gasteiger partial charge on any atom is 0.389 e. The van der Waals surface area contributed by atoms with Gasteiger partial charge in [0.25, 0.3) is 0 Å². The lowest BCUT2D eigenvalue weighted by Crippen LogP contribution is -2.38. The van der Waals surface area contributed by atoms with Gasteiger partial charge in [-0.15, -0.1) is 0 Å². The van der Waals surface area contributed by atoms with Crippen LogP contribution in [0.4, 0.5) is 5.82 Å². The second-order valence-electron chi connectivity index (χ2n) is 6.52. The summed E-state index contributed by atoms with van der Waals surface area (Å²) in [6.07, 6.45) is -1.02. The summed E-state index contributed by atoms with van der Waals surface area (Å²) in [5.74, 6) is -1.25. The van der Waals surface area contributed by atoms with E-state index in [1.54, 1.807) is 6.26 Å². The molecular weight excluding hydrogens is 537 g/mol. The van der Waals surface area contributed by atoms with Crippen LogP contribution in [-0.2, 0) is 27.9 Å². The molecule has 168 valence electrons. The van der Waals surface area contributed by atoms with Crippen molar-refractivity contribution in [1.82, 2.24) is 19.5 Å². The first-order valence-electron chi connectivity index (χ1n) is 8.83. The van der Waals surface area contributed by atoms with Gasteiger partial charge in [0.05, 0.1) is 17.7 Å². The number of nitrogen functional groups attached to an aromatic ring is 1. The summed E-state index contributed by atoms with van der Waals surface area (Å²) in [6, 6.07) is 0. The molecule has 4 rings (SSSR count). The van der Waals surface area contributed by atoms with Gasteiger partial charge in [-0.05, 0) is 17.6 Å². The van der Waals surface area contributed by atoms with Crippen molar-refractivity contribution >= 4 is 74.4 Å². The first-order chi connectivity index (χ1) is 14.8. The number of carbonyl (C=O) groups is 2. The number of aliphatic hydroxyl groups excluding tert-OH is 1. The number of halogens is 1. The first-order valence-corrected chi connectivity index (χ1v) is 14.3. The van der Waals surface area contributed by atoms with Crippen LogP contribution >= 0.6 is 45.9 Å². The quantitative estimate of drug-likeness (QED) is 0.217. The number of anilines is 1. The fraction of sp³-hybridized carbons (Fsp3) is 0.533. The molecule has 16 heteroatoms. The number of aliphatic hydroxyl groups is 1. The van der Waals surface area contributed by atoms with E-state index in [-0.39, 0.29) is 39.8 Å². The molecule has 0 radical (unpaired) electrons. The highest BCUT2D eigenvalue weighted by Gasteiger charge is 2.53. The van der Waals surface area contributed by atoms with Crippen LogP contribution in [0.25, 0.3) is 11.2 Å². The van der Waals surface area contributed by atoms with Crippen LogP contribution in [0.1, 0.15) is 6.23 Å². The lowest BCUT2D eigenvalue weighted by atomic mass is 10.1. The Morgan fingerprint density at radius 3 is 2.90 bits per heavy atom. The van der Waals surface area contributed by atoms with Crippen LogP contribution < -0.4 is 5.73 Å². The Balaban J connectivity index is 1.69. The predicted octanol–water partition coefficient (Wildman–Crippen LogP) is 1.18. The molecule has 4 heterocycles. The minimum atomic E-state index is -3.40. The van der Waals surface area contributed by atoms with Crippen LogP contribution in [0.15, 0.2) is 11.5 Å². The van der Waals surface area contributed by atoms with Crippen molar-refractivity contribution < 1.29 is 33.0 Å². The summed E-state index contributed by atoms with van der Waals surface area (Å²) in [5.41, 5.74) is 6.44. The normalized spacial score (nSPS) is 30.4. The molecule has 0 aromatic carbocycles. The molecule has 5 atom stereocenters. The summed E-state index contributed by atoms with van der Waals surface area (Å²) in [5, 5.41) is 11.1. The van der Waals surface area contributed by atoms with E-state index in [1.165, 1.54) is 10.9 Å². The Kier molecular flexibility index (Phi) is 6.75. The molecule has 31 heavy (non-hydrogen) atoms. The van der Waals surface area contributed by atoms with Gasteiger partial charge >= 0.3 is 6.80 Å². The Labute approximate surface area is 192 Å². The number of nitrogens with two attached hydrogens (primary N) is 1. The van der Waals surface area contributed by atoms with Crippen molar-refractivity contribution in [2.45, 2.75) is 29.7 Å². The smallest absolute Gasteiger partial charge is 0.386 e. The molecule has 2 fully saturated rings. The predicted molar refractivity (Wildman–Crippen MR) is 116 cm³/mol. The van der Waals surface area contributed by atoms with Gasteiger partial charge in [-0.3, -0.25) is 23.2 Å². The number of Topliss-reactive ketones (excluding diaryl/α,β-unsaturated/α-hetero) is 2. The Morgan fingerprint density at radius 2 is 2.19 bits per heavy atom. The van der Waals surface area contributed by atoms with E-state index in [0.29, 0.717) is 0 Å². The number of hydrogen-bond acceptors (Lipinski definition) is 13. The molecule has 0 spiro atoms. The number of ether oxygens (including phenoxy) is 1. The molecule has 12 nitrogen and oxygen atoms in total. The molecule has 2 aliphatic heterocycles. The van der Waals surface area contributed by atoms with Crippen molar-refractivity contribution in [1.29, 1.82) is 0 Å². The third kappa shape index (κ3) is 4.29. The van der Waals surface area contributed by atoms with Crippen LogP contribution in [0.5, 0.6) is 0 Å². The topological polar surface area (TPSA) is 169 Å². The maximum atomic E-state index is 12.5. The SMILES string of the molecule is CSP1(=O)OC[C@H]2O[C@@H](n3c(SCC(=O)C(=O)CBr)nc4c(N)ncnc43)[C@H](O)[C@@H]2O1. The van der Waals surface area contributed by atoms with Gasteiger partial charge in [0.1, 0.15) is 24.6 Å². The van der Waals surface area contributed by atoms with E-state index in [9.17, 15) is 19.3 Å². The molecule has 2 saturated heterocycles. The highest BCUT2D eigenvalue weighted by Crippen LogP contribution is 2.64. The molecule has 2 aliphatic rings. The van der Waals surface area contributed by atoms with Gasteiger partial charge < -0.3 is 15.6 Å². The van der Waals surface area contributed by atoms with Crippen LogP contribution in [0.2, 0.25) is 0 Å². The van der Waals surface area contributed by atoms with E-state index >= 15 is 0 Å². The van der Waals surface area contributed by atoms with Crippen molar-refractivity contribution in [2.24, 2.45) is 0 Å². The molecule has 0 aliphatic carbocycles. The number of alkyl halides is 1. The van der Waals surface area contributed by atoms with Crippen molar-refractivity contribution in [2.75, 3.05) is 29.7 Å². The Morgan fingerprint density at radius 1 is 1.42 bits per heavy atom. The van der Waals surface area contributed by atoms with Gasteiger partial charge in [-0.25, -0.2) is 19.5 Å².